The summed E-state index contributed by atoms with van der Waals surface area (Å²) in [5.41, 5.74) is 6.71. The molecule has 0 fully saturated rings. The largest absolute Gasteiger partial charge is 0.478 e. The number of hydrogen-bond acceptors (Lipinski definition) is 5. The van der Waals surface area contributed by atoms with E-state index < -0.39 is 17.4 Å². The third kappa shape index (κ3) is 5.24. The van der Waals surface area contributed by atoms with Gasteiger partial charge in [0.25, 0.3) is 5.91 Å². The quantitative estimate of drug-likeness (QED) is 0.565. The molecule has 0 aliphatic rings. The highest BCUT2D eigenvalue weighted by atomic mass is 16.4. The van der Waals surface area contributed by atoms with E-state index in [1.165, 1.54) is 4.68 Å². The van der Waals surface area contributed by atoms with Crippen molar-refractivity contribution in [1.29, 1.82) is 0 Å². The molecule has 8 nitrogen and oxygen atoms in total. The standard InChI is InChI=1S/C12H15N3O.C4H4O4/c1-12(2,3)11(16)15-10-5-4-9(13)6-8(10)7-14-15;5-3(6)1-2-4(7)8/h4-7H,13H2,1-3H3;1-2H,(H,5,6)(H,7,8). The van der Waals surface area contributed by atoms with E-state index in [1.54, 1.807) is 12.3 Å². The Balaban J connectivity index is 0.000000307. The van der Waals surface area contributed by atoms with Crippen LogP contribution in [0.1, 0.15) is 25.6 Å². The van der Waals surface area contributed by atoms with Crippen LogP contribution < -0.4 is 5.73 Å². The van der Waals surface area contributed by atoms with Gasteiger partial charge in [0.1, 0.15) is 0 Å². The van der Waals surface area contributed by atoms with Crippen molar-refractivity contribution < 1.29 is 24.6 Å². The molecule has 0 atom stereocenters. The predicted molar refractivity (Wildman–Crippen MR) is 88.6 cm³/mol. The molecule has 4 N–H and O–H groups in total. The lowest BCUT2D eigenvalue weighted by Crippen LogP contribution is -2.27. The van der Waals surface area contributed by atoms with Crippen molar-refractivity contribution in [2.45, 2.75) is 20.8 Å². The summed E-state index contributed by atoms with van der Waals surface area (Å²) in [6, 6.07) is 5.41. The van der Waals surface area contributed by atoms with E-state index in [0.717, 1.165) is 10.9 Å². The Morgan fingerprint density at radius 2 is 1.67 bits per heavy atom. The molecule has 128 valence electrons. The smallest absolute Gasteiger partial charge is 0.328 e. The molecule has 0 saturated carbocycles. The van der Waals surface area contributed by atoms with E-state index in [9.17, 15) is 14.4 Å². The Morgan fingerprint density at radius 1 is 1.12 bits per heavy atom. The van der Waals surface area contributed by atoms with Crippen molar-refractivity contribution in [1.82, 2.24) is 9.78 Å². The summed E-state index contributed by atoms with van der Waals surface area (Å²) in [5, 5.41) is 20.6. The lowest BCUT2D eigenvalue weighted by molar-refractivity contribution is -0.134. The number of nitrogens with zero attached hydrogens (tertiary/aromatic N) is 2. The van der Waals surface area contributed by atoms with E-state index in [4.69, 9.17) is 15.9 Å². The van der Waals surface area contributed by atoms with Crippen LogP contribution in [-0.4, -0.2) is 37.8 Å². The van der Waals surface area contributed by atoms with Crippen LogP contribution >= 0.6 is 0 Å². The minimum atomic E-state index is -1.26. The van der Waals surface area contributed by atoms with Crippen LogP contribution in [0.2, 0.25) is 0 Å². The average Bonchev–Trinajstić information content (AvgIpc) is 2.86. The molecular formula is C16H19N3O5. The molecule has 8 heteroatoms. The van der Waals surface area contributed by atoms with Gasteiger partial charge >= 0.3 is 11.9 Å². The molecule has 0 unspecified atom stereocenters. The zero-order valence-corrected chi connectivity index (χ0v) is 13.6. The molecule has 0 bridgehead atoms. The zero-order valence-electron chi connectivity index (χ0n) is 13.6. The predicted octanol–water partition coefficient (Wildman–Crippen LogP) is 2.02. The summed E-state index contributed by atoms with van der Waals surface area (Å²) >= 11 is 0. The maximum Gasteiger partial charge on any atom is 0.328 e. The van der Waals surface area contributed by atoms with Gasteiger partial charge in [-0.3, -0.25) is 4.79 Å². The van der Waals surface area contributed by atoms with Gasteiger partial charge in [-0.05, 0) is 18.2 Å². The number of benzene rings is 1. The fraction of sp³-hybridized carbons (Fsp3) is 0.250. The molecule has 0 saturated heterocycles. The van der Waals surface area contributed by atoms with Crippen LogP contribution in [0, 0.1) is 5.41 Å². The normalized spacial score (nSPS) is 11.1. The van der Waals surface area contributed by atoms with Crippen molar-refractivity contribution in [2.75, 3.05) is 5.73 Å². The first-order chi connectivity index (χ1) is 11.0. The molecule has 0 spiro atoms. The van der Waals surface area contributed by atoms with E-state index in [2.05, 4.69) is 5.10 Å². The van der Waals surface area contributed by atoms with Gasteiger partial charge in [-0.15, -0.1) is 0 Å². The lowest BCUT2D eigenvalue weighted by Gasteiger charge is -2.16. The molecule has 1 aromatic carbocycles. The Kier molecular flexibility index (Phi) is 5.83. The molecule has 0 amide bonds. The monoisotopic (exact) mass is 333 g/mol. The van der Waals surface area contributed by atoms with Crippen molar-refractivity contribution in [2.24, 2.45) is 5.41 Å². The maximum absolute atomic E-state index is 12.1. The minimum absolute atomic E-state index is 0.0210. The van der Waals surface area contributed by atoms with Crippen LogP contribution in [-0.2, 0) is 9.59 Å². The number of hydrogen-bond donors (Lipinski definition) is 3. The van der Waals surface area contributed by atoms with Gasteiger partial charge in [-0.2, -0.15) is 9.78 Å². The van der Waals surface area contributed by atoms with Crippen LogP contribution in [0.5, 0.6) is 0 Å². The van der Waals surface area contributed by atoms with Gasteiger partial charge in [0.15, 0.2) is 0 Å². The molecule has 2 rings (SSSR count). The first-order valence-corrected chi connectivity index (χ1v) is 6.94. The first kappa shape index (κ1) is 18.9. The number of carboxylic acids is 2. The van der Waals surface area contributed by atoms with E-state index >= 15 is 0 Å². The number of anilines is 1. The lowest BCUT2D eigenvalue weighted by atomic mass is 9.96. The third-order valence-electron chi connectivity index (χ3n) is 2.79. The SMILES string of the molecule is CC(C)(C)C(=O)n1ncc2cc(N)ccc21.O=C(O)C=CC(=O)O. The number of carbonyl (C=O) groups excluding carboxylic acids is 1. The molecule has 1 aromatic heterocycles. The minimum Gasteiger partial charge on any atom is -0.478 e. The highest BCUT2D eigenvalue weighted by Crippen LogP contribution is 2.22. The van der Waals surface area contributed by atoms with Gasteiger partial charge in [-0.1, -0.05) is 20.8 Å². The highest BCUT2D eigenvalue weighted by molar-refractivity contribution is 5.94. The molecule has 2 aromatic rings. The molecular weight excluding hydrogens is 314 g/mol. The summed E-state index contributed by atoms with van der Waals surface area (Å²) in [5.74, 6) is -2.54. The van der Waals surface area contributed by atoms with Gasteiger partial charge in [0, 0.05) is 28.6 Å². The second kappa shape index (κ2) is 7.40. The summed E-state index contributed by atoms with van der Waals surface area (Å²) in [6.45, 7) is 5.63. The second-order valence-corrected chi connectivity index (χ2v) is 5.94. The summed E-state index contributed by atoms with van der Waals surface area (Å²) < 4.78 is 1.44. The van der Waals surface area contributed by atoms with E-state index in [-0.39, 0.29) is 5.91 Å². The van der Waals surface area contributed by atoms with Crippen molar-refractivity contribution >= 4 is 34.4 Å². The number of carboxylic acid groups (broad SMARTS) is 2. The number of aromatic nitrogens is 2. The third-order valence-corrected chi connectivity index (χ3v) is 2.79. The summed E-state index contributed by atoms with van der Waals surface area (Å²) in [6.07, 6.45) is 2.78. The zero-order chi connectivity index (χ0) is 18.5. The Labute approximate surface area is 138 Å². The first-order valence-electron chi connectivity index (χ1n) is 6.94. The van der Waals surface area contributed by atoms with Crippen LogP contribution in [0.15, 0.2) is 36.5 Å². The van der Waals surface area contributed by atoms with E-state index in [0.29, 0.717) is 17.8 Å². The number of rotatable bonds is 2. The molecule has 0 radical (unpaired) electrons. The van der Waals surface area contributed by atoms with Crippen molar-refractivity contribution in [3.8, 4) is 0 Å². The second-order valence-electron chi connectivity index (χ2n) is 5.94. The summed E-state index contributed by atoms with van der Waals surface area (Å²) in [4.78, 5) is 31.2. The Bertz CT molecular complexity index is 784. The Hall–Kier alpha value is -3.16. The average molecular weight is 333 g/mol. The van der Waals surface area contributed by atoms with Gasteiger partial charge in [-0.25, -0.2) is 9.59 Å². The number of nitrogen functional groups attached to an aromatic ring is 1. The fourth-order valence-electron chi connectivity index (χ4n) is 1.67. The summed E-state index contributed by atoms with van der Waals surface area (Å²) in [7, 11) is 0. The topological polar surface area (TPSA) is 136 Å². The van der Waals surface area contributed by atoms with Crippen LogP contribution in [0.4, 0.5) is 5.69 Å². The Morgan fingerprint density at radius 3 is 2.12 bits per heavy atom. The number of carbonyl (C=O) groups is 3. The van der Waals surface area contributed by atoms with Crippen LogP contribution in [0.25, 0.3) is 10.9 Å². The number of aliphatic carboxylic acids is 2. The van der Waals surface area contributed by atoms with Gasteiger partial charge < -0.3 is 15.9 Å². The molecule has 0 aliphatic carbocycles. The van der Waals surface area contributed by atoms with E-state index in [1.807, 2.05) is 32.9 Å². The fourth-order valence-corrected chi connectivity index (χ4v) is 1.67. The number of fused-ring (bicyclic) bond motifs is 1. The van der Waals surface area contributed by atoms with Crippen LogP contribution in [0.3, 0.4) is 0 Å². The molecule has 1 heterocycles. The van der Waals surface area contributed by atoms with Crippen molar-refractivity contribution in [3.63, 3.8) is 0 Å². The van der Waals surface area contributed by atoms with Gasteiger partial charge in [0.05, 0.1) is 11.7 Å². The van der Waals surface area contributed by atoms with Gasteiger partial charge in [0.2, 0.25) is 0 Å². The molecule has 24 heavy (non-hydrogen) atoms. The number of nitrogens with two attached hydrogens (primary N) is 1. The maximum atomic E-state index is 12.1. The highest BCUT2D eigenvalue weighted by Gasteiger charge is 2.25. The molecule has 0 aliphatic heterocycles. The van der Waals surface area contributed by atoms with Crippen molar-refractivity contribution in [3.05, 3.63) is 36.5 Å².